The third kappa shape index (κ3) is 3.03. The second-order valence-electron chi connectivity index (χ2n) is 5.05. The highest BCUT2D eigenvalue weighted by atomic mass is 16.5. The Hall–Kier alpha value is -1.51. The Labute approximate surface area is 108 Å². The lowest BCUT2D eigenvalue weighted by molar-refractivity contribution is 0.0695. The monoisotopic (exact) mass is 248 g/mol. The van der Waals surface area contributed by atoms with Gasteiger partial charge in [0, 0.05) is 5.56 Å². The number of carboxylic acid groups (broad SMARTS) is 1. The molecule has 1 aromatic rings. The summed E-state index contributed by atoms with van der Waals surface area (Å²) in [6.45, 7) is 2.52. The van der Waals surface area contributed by atoms with Crippen molar-refractivity contribution in [1.29, 1.82) is 0 Å². The molecule has 1 fully saturated rings. The summed E-state index contributed by atoms with van der Waals surface area (Å²) in [4.78, 5) is 11.0. The fraction of sp³-hybridized carbons (Fsp3) is 0.533. The predicted molar refractivity (Wildman–Crippen MR) is 70.2 cm³/mol. The zero-order valence-corrected chi connectivity index (χ0v) is 10.8. The molecule has 0 amide bonds. The van der Waals surface area contributed by atoms with E-state index in [2.05, 4.69) is 0 Å². The largest absolute Gasteiger partial charge is 0.493 e. The maximum absolute atomic E-state index is 11.0. The lowest BCUT2D eigenvalue weighted by atomic mass is 9.90. The Balaban J connectivity index is 2.00. The van der Waals surface area contributed by atoms with E-state index in [0.717, 1.165) is 5.56 Å². The second-order valence-corrected chi connectivity index (χ2v) is 5.05. The van der Waals surface area contributed by atoms with E-state index in [-0.39, 0.29) is 0 Å². The maximum atomic E-state index is 11.0. The molecular weight excluding hydrogens is 228 g/mol. The lowest BCUT2D eigenvalue weighted by Gasteiger charge is -2.22. The highest BCUT2D eigenvalue weighted by Gasteiger charge is 2.16. The van der Waals surface area contributed by atoms with Crippen molar-refractivity contribution in [2.75, 3.05) is 6.61 Å². The van der Waals surface area contributed by atoms with Crippen molar-refractivity contribution in [3.8, 4) is 5.75 Å². The fourth-order valence-electron chi connectivity index (χ4n) is 2.56. The first-order valence-corrected chi connectivity index (χ1v) is 6.64. The highest BCUT2D eigenvalue weighted by Crippen LogP contribution is 2.26. The summed E-state index contributed by atoms with van der Waals surface area (Å²) in [5, 5.41) is 9.05. The average molecular weight is 248 g/mol. The van der Waals surface area contributed by atoms with Crippen molar-refractivity contribution < 1.29 is 14.6 Å². The number of hydrogen-bond donors (Lipinski definition) is 1. The summed E-state index contributed by atoms with van der Waals surface area (Å²) >= 11 is 0. The van der Waals surface area contributed by atoms with E-state index in [1.165, 1.54) is 32.1 Å². The van der Waals surface area contributed by atoms with Gasteiger partial charge in [-0.1, -0.05) is 25.3 Å². The molecule has 0 heterocycles. The molecule has 1 aliphatic carbocycles. The van der Waals surface area contributed by atoms with Crippen LogP contribution in [-0.2, 0) is 0 Å². The average Bonchev–Trinajstić information content (AvgIpc) is 2.38. The van der Waals surface area contributed by atoms with Crippen molar-refractivity contribution in [3.63, 3.8) is 0 Å². The van der Waals surface area contributed by atoms with E-state index in [9.17, 15) is 4.79 Å². The van der Waals surface area contributed by atoms with Crippen LogP contribution < -0.4 is 4.74 Å². The van der Waals surface area contributed by atoms with Crippen molar-refractivity contribution >= 4 is 5.97 Å². The molecule has 0 unspecified atom stereocenters. The summed E-state index contributed by atoms with van der Waals surface area (Å²) in [6.07, 6.45) is 6.39. The van der Waals surface area contributed by atoms with Crippen LogP contribution in [0.4, 0.5) is 0 Å². The molecule has 0 spiro atoms. The molecule has 2 rings (SSSR count). The van der Waals surface area contributed by atoms with Gasteiger partial charge >= 0.3 is 5.97 Å². The molecular formula is C15H20O3. The van der Waals surface area contributed by atoms with Crippen LogP contribution in [0.15, 0.2) is 18.2 Å². The van der Waals surface area contributed by atoms with E-state index in [1.54, 1.807) is 19.1 Å². The van der Waals surface area contributed by atoms with Gasteiger partial charge in [0.05, 0.1) is 12.2 Å². The van der Waals surface area contributed by atoms with Crippen LogP contribution in [0.2, 0.25) is 0 Å². The van der Waals surface area contributed by atoms with Crippen molar-refractivity contribution in [2.45, 2.75) is 39.0 Å². The molecule has 3 nitrogen and oxygen atoms in total. The molecule has 0 atom stereocenters. The zero-order valence-electron chi connectivity index (χ0n) is 10.8. The molecule has 3 heteroatoms. The van der Waals surface area contributed by atoms with Gasteiger partial charge in [-0.15, -0.1) is 0 Å². The predicted octanol–water partition coefficient (Wildman–Crippen LogP) is 3.65. The van der Waals surface area contributed by atoms with Crippen LogP contribution >= 0.6 is 0 Å². The molecule has 1 saturated carbocycles. The van der Waals surface area contributed by atoms with Crippen molar-refractivity contribution in [3.05, 3.63) is 29.3 Å². The maximum Gasteiger partial charge on any atom is 0.336 e. The second kappa shape index (κ2) is 5.89. The summed E-state index contributed by atoms with van der Waals surface area (Å²) in [5.41, 5.74) is 1.05. The first kappa shape index (κ1) is 12.9. The van der Waals surface area contributed by atoms with Crippen LogP contribution in [-0.4, -0.2) is 17.7 Å². The van der Waals surface area contributed by atoms with Crippen molar-refractivity contribution in [1.82, 2.24) is 0 Å². The molecule has 0 saturated heterocycles. The van der Waals surface area contributed by atoms with Crippen LogP contribution in [0.3, 0.4) is 0 Å². The number of ether oxygens (including phenoxy) is 1. The molecule has 0 bridgehead atoms. The summed E-state index contributed by atoms with van der Waals surface area (Å²) in [7, 11) is 0. The van der Waals surface area contributed by atoms with Crippen molar-refractivity contribution in [2.24, 2.45) is 5.92 Å². The van der Waals surface area contributed by atoms with Gasteiger partial charge in [0.25, 0.3) is 0 Å². The van der Waals surface area contributed by atoms with Crippen LogP contribution in [0, 0.1) is 12.8 Å². The van der Waals surface area contributed by atoms with Gasteiger partial charge < -0.3 is 9.84 Å². The number of carbonyl (C=O) groups is 1. The van der Waals surface area contributed by atoms with Crippen LogP contribution in [0.25, 0.3) is 0 Å². The Morgan fingerprint density at radius 3 is 2.72 bits per heavy atom. The Morgan fingerprint density at radius 2 is 2.06 bits per heavy atom. The Kier molecular flexibility index (Phi) is 4.24. The lowest BCUT2D eigenvalue weighted by Crippen LogP contribution is -2.16. The van der Waals surface area contributed by atoms with Gasteiger partial charge in [-0.05, 0) is 37.8 Å². The minimum absolute atomic E-state index is 0.330. The van der Waals surface area contributed by atoms with E-state index in [0.29, 0.717) is 23.8 Å². The topological polar surface area (TPSA) is 46.5 Å². The zero-order chi connectivity index (χ0) is 13.0. The third-order valence-corrected chi connectivity index (χ3v) is 3.71. The van der Waals surface area contributed by atoms with Gasteiger partial charge in [0.15, 0.2) is 0 Å². The number of aromatic carboxylic acids is 1. The molecule has 0 radical (unpaired) electrons. The first-order chi connectivity index (χ1) is 8.68. The van der Waals surface area contributed by atoms with Gasteiger partial charge in [-0.3, -0.25) is 0 Å². The fourth-order valence-corrected chi connectivity index (χ4v) is 2.56. The van der Waals surface area contributed by atoms with Crippen LogP contribution in [0.5, 0.6) is 5.75 Å². The minimum atomic E-state index is -0.893. The van der Waals surface area contributed by atoms with Gasteiger partial charge in [0.1, 0.15) is 5.75 Å². The minimum Gasteiger partial charge on any atom is -0.493 e. The summed E-state index contributed by atoms with van der Waals surface area (Å²) < 4.78 is 5.80. The molecule has 1 aliphatic rings. The Morgan fingerprint density at radius 1 is 1.33 bits per heavy atom. The van der Waals surface area contributed by atoms with E-state index in [1.807, 2.05) is 6.07 Å². The van der Waals surface area contributed by atoms with E-state index < -0.39 is 5.97 Å². The van der Waals surface area contributed by atoms with Gasteiger partial charge in [-0.25, -0.2) is 4.79 Å². The first-order valence-electron chi connectivity index (χ1n) is 6.64. The van der Waals surface area contributed by atoms with Crippen LogP contribution in [0.1, 0.15) is 48.0 Å². The Bertz CT molecular complexity index is 420. The quantitative estimate of drug-likeness (QED) is 0.884. The van der Waals surface area contributed by atoms with Gasteiger partial charge in [0.2, 0.25) is 0 Å². The molecule has 0 aromatic heterocycles. The third-order valence-electron chi connectivity index (χ3n) is 3.71. The molecule has 0 aliphatic heterocycles. The molecule has 1 N–H and O–H groups in total. The van der Waals surface area contributed by atoms with E-state index >= 15 is 0 Å². The standard InChI is InChI=1S/C15H20O3/c1-11-13(15(16)17)8-5-9-14(11)18-10-12-6-3-2-4-7-12/h5,8-9,12H,2-4,6-7,10H2,1H3,(H,16,17). The van der Waals surface area contributed by atoms with Gasteiger partial charge in [-0.2, -0.15) is 0 Å². The van der Waals surface area contributed by atoms with E-state index in [4.69, 9.17) is 9.84 Å². The highest BCUT2D eigenvalue weighted by molar-refractivity contribution is 5.90. The number of carboxylic acids is 1. The normalized spacial score (nSPS) is 16.5. The molecule has 98 valence electrons. The summed E-state index contributed by atoms with van der Waals surface area (Å²) in [6, 6.07) is 5.21. The smallest absolute Gasteiger partial charge is 0.336 e. The SMILES string of the molecule is Cc1c(OCC2CCCCC2)cccc1C(=O)O. The number of benzene rings is 1. The summed E-state index contributed by atoms with van der Waals surface area (Å²) in [5.74, 6) is 0.447. The molecule has 18 heavy (non-hydrogen) atoms. The molecule has 1 aromatic carbocycles. The number of hydrogen-bond acceptors (Lipinski definition) is 2. The number of rotatable bonds is 4.